The van der Waals surface area contributed by atoms with Crippen molar-refractivity contribution in [3.8, 4) is 0 Å². The summed E-state index contributed by atoms with van der Waals surface area (Å²) in [6, 6.07) is 0.238. The Morgan fingerprint density at radius 2 is 2.20 bits per heavy atom. The molecule has 2 atom stereocenters. The minimum atomic E-state index is -0.647. The number of methoxy groups -OCH3 is 1. The Hall–Kier alpha value is -0.650. The second-order valence-electron chi connectivity index (χ2n) is 6.20. The number of nitrogens with zero attached hydrogens (tertiary/aromatic N) is 1. The van der Waals surface area contributed by atoms with Gasteiger partial charge in [0.15, 0.2) is 0 Å². The summed E-state index contributed by atoms with van der Waals surface area (Å²) in [5.74, 6) is 0.411. The molecule has 0 spiro atoms. The molecule has 1 fully saturated rings. The number of rotatable bonds is 8. The Morgan fingerprint density at radius 3 is 2.75 bits per heavy atom. The van der Waals surface area contributed by atoms with E-state index in [-0.39, 0.29) is 12.0 Å². The van der Waals surface area contributed by atoms with Crippen molar-refractivity contribution < 1.29 is 14.3 Å². The van der Waals surface area contributed by atoms with Gasteiger partial charge in [0.2, 0.25) is 0 Å². The number of likely N-dealkylation sites (tertiary alicyclic amines) is 1. The highest BCUT2D eigenvalue weighted by Gasteiger charge is 2.38. The maximum Gasteiger partial charge on any atom is 0.327 e. The van der Waals surface area contributed by atoms with E-state index in [0.29, 0.717) is 19.1 Å². The molecule has 5 heteroatoms. The molecule has 0 amide bonds. The molecule has 0 saturated carbocycles. The number of ether oxygens (including phenoxy) is 2. The summed E-state index contributed by atoms with van der Waals surface area (Å²) >= 11 is 0. The van der Waals surface area contributed by atoms with Crippen molar-refractivity contribution in [1.82, 2.24) is 10.2 Å². The van der Waals surface area contributed by atoms with Crippen molar-refractivity contribution in [1.29, 1.82) is 0 Å². The van der Waals surface area contributed by atoms with E-state index in [0.717, 1.165) is 26.1 Å². The second-order valence-corrected chi connectivity index (χ2v) is 6.20. The molecule has 1 aliphatic rings. The molecular formula is C15H30N2O3. The van der Waals surface area contributed by atoms with E-state index in [1.54, 1.807) is 7.11 Å². The average molecular weight is 286 g/mol. The molecule has 0 aromatic rings. The number of carbonyl (C=O) groups excluding carboxylic acids is 1. The summed E-state index contributed by atoms with van der Waals surface area (Å²) in [7, 11) is 1.74. The van der Waals surface area contributed by atoms with Gasteiger partial charge in [0, 0.05) is 26.2 Å². The highest BCUT2D eigenvalue weighted by Crippen LogP contribution is 2.20. The maximum atomic E-state index is 12.3. The first kappa shape index (κ1) is 17.4. The van der Waals surface area contributed by atoms with Gasteiger partial charge in [0.1, 0.15) is 5.54 Å². The van der Waals surface area contributed by atoms with Gasteiger partial charge < -0.3 is 14.4 Å². The van der Waals surface area contributed by atoms with Crippen LogP contribution in [0.1, 0.15) is 34.1 Å². The third-order valence-electron chi connectivity index (χ3n) is 3.65. The van der Waals surface area contributed by atoms with Gasteiger partial charge in [0.25, 0.3) is 0 Å². The highest BCUT2D eigenvalue weighted by atomic mass is 16.5. The highest BCUT2D eigenvalue weighted by molar-refractivity contribution is 5.80. The molecule has 1 heterocycles. The number of nitrogens with one attached hydrogen (secondary N) is 1. The molecular weight excluding hydrogens is 256 g/mol. The minimum Gasteiger partial charge on any atom is -0.465 e. The first-order valence-corrected chi connectivity index (χ1v) is 7.57. The van der Waals surface area contributed by atoms with E-state index in [4.69, 9.17) is 9.47 Å². The van der Waals surface area contributed by atoms with Crippen molar-refractivity contribution >= 4 is 5.97 Å². The second kappa shape index (κ2) is 7.96. The Morgan fingerprint density at radius 1 is 1.50 bits per heavy atom. The van der Waals surface area contributed by atoms with Gasteiger partial charge in [-0.2, -0.15) is 0 Å². The lowest BCUT2D eigenvalue weighted by molar-refractivity contribution is -0.151. The molecule has 1 rings (SSSR count). The van der Waals surface area contributed by atoms with Gasteiger partial charge in [-0.25, -0.2) is 0 Å². The van der Waals surface area contributed by atoms with E-state index in [1.165, 1.54) is 0 Å². The van der Waals surface area contributed by atoms with E-state index in [2.05, 4.69) is 24.1 Å². The fourth-order valence-electron chi connectivity index (χ4n) is 2.97. The van der Waals surface area contributed by atoms with Crippen molar-refractivity contribution in [2.45, 2.75) is 45.7 Å². The molecule has 118 valence electrons. The minimum absolute atomic E-state index is 0.163. The van der Waals surface area contributed by atoms with Gasteiger partial charge in [0.05, 0.1) is 13.2 Å². The van der Waals surface area contributed by atoms with Crippen LogP contribution in [0.25, 0.3) is 0 Å². The largest absolute Gasteiger partial charge is 0.465 e. The number of esters is 1. The van der Waals surface area contributed by atoms with Crippen molar-refractivity contribution in [3.63, 3.8) is 0 Å². The van der Waals surface area contributed by atoms with E-state index in [1.807, 2.05) is 13.8 Å². The zero-order valence-corrected chi connectivity index (χ0v) is 13.6. The first-order chi connectivity index (χ1) is 9.41. The van der Waals surface area contributed by atoms with Gasteiger partial charge in [-0.05, 0) is 46.6 Å². The predicted molar refractivity (Wildman–Crippen MR) is 79.7 cm³/mol. The summed E-state index contributed by atoms with van der Waals surface area (Å²) in [6.45, 7) is 11.8. The molecule has 1 N–H and O–H groups in total. The summed E-state index contributed by atoms with van der Waals surface area (Å²) in [5, 5.41) is 3.37. The van der Waals surface area contributed by atoms with Crippen LogP contribution in [0.2, 0.25) is 0 Å². The molecule has 0 aliphatic carbocycles. The summed E-state index contributed by atoms with van der Waals surface area (Å²) in [6.07, 6.45) is 1.13. The lowest BCUT2D eigenvalue weighted by Crippen LogP contribution is -2.59. The quantitative estimate of drug-likeness (QED) is 0.681. The fourth-order valence-corrected chi connectivity index (χ4v) is 2.97. The lowest BCUT2D eigenvalue weighted by Gasteiger charge is -2.34. The molecule has 5 nitrogen and oxygen atoms in total. The Balaban J connectivity index is 2.63. The van der Waals surface area contributed by atoms with E-state index >= 15 is 0 Å². The zero-order chi connectivity index (χ0) is 15.2. The zero-order valence-electron chi connectivity index (χ0n) is 13.6. The molecule has 0 aromatic heterocycles. The monoisotopic (exact) mass is 286 g/mol. The van der Waals surface area contributed by atoms with Crippen LogP contribution >= 0.6 is 0 Å². The summed E-state index contributed by atoms with van der Waals surface area (Å²) in [4.78, 5) is 14.6. The number of hydrogen-bond donors (Lipinski definition) is 1. The van der Waals surface area contributed by atoms with Gasteiger partial charge in [-0.3, -0.25) is 10.1 Å². The van der Waals surface area contributed by atoms with Crippen LogP contribution in [0.4, 0.5) is 0 Å². The molecule has 0 bridgehead atoms. The van der Waals surface area contributed by atoms with E-state index in [9.17, 15) is 4.79 Å². The van der Waals surface area contributed by atoms with E-state index < -0.39 is 5.54 Å². The maximum absolute atomic E-state index is 12.3. The van der Waals surface area contributed by atoms with Crippen molar-refractivity contribution in [2.24, 2.45) is 5.92 Å². The molecule has 20 heavy (non-hydrogen) atoms. The number of hydrogen-bond acceptors (Lipinski definition) is 5. The standard InChI is InChI=1S/C15H30N2O3/c1-6-20-14(18)15(4,16-12(2)3)11-17-8-7-13(9-17)10-19-5/h12-13,16H,6-11H2,1-5H3. The molecule has 1 saturated heterocycles. The first-order valence-electron chi connectivity index (χ1n) is 7.57. The van der Waals surface area contributed by atoms with Crippen LogP contribution < -0.4 is 5.32 Å². The van der Waals surface area contributed by atoms with Crippen molar-refractivity contribution in [3.05, 3.63) is 0 Å². The normalized spacial score (nSPS) is 23.0. The fraction of sp³-hybridized carbons (Fsp3) is 0.933. The average Bonchev–Trinajstić information content (AvgIpc) is 2.76. The van der Waals surface area contributed by atoms with Crippen LogP contribution in [0, 0.1) is 5.92 Å². The lowest BCUT2D eigenvalue weighted by atomic mass is 10.0. The Labute approximate surface area is 123 Å². The molecule has 0 aromatic carbocycles. The summed E-state index contributed by atoms with van der Waals surface area (Å²) < 4.78 is 10.5. The smallest absolute Gasteiger partial charge is 0.327 e. The topological polar surface area (TPSA) is 50.8 Å². The van der Waals surface area contributed by atoms with Crippen LogP contribution in [-0.4, -0.2) is 62.4 Å². The van der Waals surface area contributed by atoms with Crippen LogP contribution in [0.5, 0.6) is 0 Å². The van der Waals surface area contributed by atoms with Gasteiger partial charge in [-0.15, -0.1) is 0 Å². The van der Waals surface area contributed by atoms with Crippen LogP contribution in [-0.2, 0) is 14.3 Å². The van der Waals surface area contributed by atoms with Crippen LogP contribution in [0.15, 0.2) is 0 Å². The SMILES string of the molecule is CCOC(=O)C(C)(CN1CCC(COC)C1)NC(C)C. The Bertz CT molecular complexity index is 309. The summed E-state index contributed by atoms with van der Waals surface area (Å²) in [5.41, 5.74) is -0.647. The molecule has 1 aliphatic heterocycles. The van der Waals surface area contributed by atoms with Crippen molar-refractivity contribution in [2.75, 3.05) is 40.0 Å². The molecule has 2 unspecified atom stereocenters. The third-order valence-corrected chi connectivity index (χ3v) is 3.65. The Kier molecular flexibility index (Phi) is 6.92. The van der Waals surface area contributed by atoms with Crippen LogP contribution in [0.3, 0.4) is 0 Å². The predicted octanol–water partition coefficient (Wildman–Crippen LogP) is 1.27. The van der Waals surface area contributed by atoms with Gasteiger partial charge >= 0.3 is 5.97 Å². The number of carbonyl (C=O) groups is 1. The molecule has 0 radical (unpaired) electrons. The third kappa shape index (κ3) is 5.04. The van der Waals surface area contributed by atoms with Gasteiger partial charge in [-0.1, -0.05) is 0 Å².